The number of rotatable bonds is 4. The Morgan fingerprint density at radius 3 is 2.80 bits per heavy atom. The number of hydrogen-bond donors (Lipinski definition) is 2. The standard InChI is InChI=1S/C14H17ClN4O/c15-11-2-1-10(8-16)13(7-11)18-12-3-5-19(6-4-12)9-14(17)20/h1-2,7,12,18H,3-6,9H2,(H2,17,20). The number of carbonyl (C=O) groups excluding carboxylic acids is 1. The number of carbonyl (C=O) groups is 1. The minimum atomic E-state index is -0.294. The first kappa shape index (κ1) is 14.6. The molecule has 2 rings (SSSR count). The molecule has 0 saturated carbocycles. The van der Waals surface area contributed by atoms with Crippen molar-refractivity contribution in [3.05, 3.63) is 28.8 Å². The summed E-state index contributed by atoms with van der Waals surface area (Å²) in [6, 6.07) is 7.63. The average Bonchev–Trinajstić information content (AvgIpc) is 2.41. The first-order chi connectivity index (χ1) is 9.58. The highest BCUT2D eigenvalue weighted by atomic mass is 35.5. The zero-order valence-corrected chi connectivity index (χ0v) is 11.9. The molecule has 1 heterocycles. The molecule has 1 fully saturated rings. The van der Waals surface area contributed by atoms with Crippen molar-refractivity contribution < 1.29 is 4.79 Å². The Morgan fingerprint density at radius 1 is 1.50 bits per heavy atom. The summed E-state index contributed by atoms with van der Waals surface area (Å²) in [7, 11) is 0. The molecule has 0 bridgehead atoms. The molecule has 1 aromatic rings. The third kappa shape index (κ3) is 3.86. The van der Waals surface area contributed by atoms with Gasteiger partial charge in [0.15, 0.2) is 0 Å². The highest BCUT2D eigenvalue weighted by Gasteiger charge is 2.20. The second-order valence-corrected chi connectivity index (χ2v) is 5.40. The second kappa shape index (κ2) is 6.60. The minimum Gasteiger partial charge on any atom is -0.381 e. The molecule has 6 heteroatoms. The summed E-state index contributed by atoms with van der Waals surface area (Å²) in [5.41, 5.74) is 6.55. The molecule has 0 aromatic heterocycles. The maximum Gasteiger partial charge on any atom is 0.231 e. The second-order valence-electron chi connectivity index (χ2n) is 4.96. The van der Waals surface area contributed by atoms with Crippen molar-refractivity contribution in [2.75, 3.05) is 25.0 Å². The highest BCUT2D eigenvalue weighted by Crippen LogP contribution is 2.23. The molecule has 1 aliphatic heterocycles. The Kier molecular flexibility index (Phi) is 4.83. The molecule has 106 valence electrons. The fraction of sp³-hybridized carbons (Fsp3) is 0.429. The number of likely N-dealkylation sites (tertiary alicyclic amines) is 1. The van der Waals surface area contributed by atoms with Gasteiger partial charge in [-0.3, -0.25) is 9.69 Å². The van der Waals surface area contributed by atoms with Crippen LogP contribution in [0.15, 0.2) is 18.2 Å². The lowest BCUT2D eigenvalue weighted by molar-refractivity contribution is -0.119. The van der Waals surface area contributed by atoms with Crippen LogP contribution in [0.5, 0.6) is 0 Å². The summed E-state index contributed by atoms with van der Waals surface area (Å²) < 4.78 is 0. The average molecular weight is 293 g/mol. The summed E-state index contributed by atoms with van der Waals surface area (Å²) in [5, 5.41) is 13.1. The molecule has 3 N–H and O–H groups in total. The van der Waals surface area contributed by atoms with Gasteiger partial charge >= 0.3 is 0 Å². The van der Waals surface area contributed by atoms with E-state index in [4.69, 9.17) is 22.6 Å². The number of piperidine rings is 1. The molecule has 0 spiro atoms. The number of nitrogens with zero attached hydrogens (tertiary/aromatic N) is 2. The molecule has 20 heavy (non-hydrogen) atoms. The Balaban J connectivity index is 1.94. The number of halogens is 1. The number of anilines is 1. The molecule has 5 nitrogen and oxygen atoms in total. The molecular formula is C14H17ClN4O. The lowest BCUT2D eigenvalue weighted by Gasteiger charge is -2.32. The molecule has 0 unspecified atom stereocenters. The molecular weight excluding hydrogens is 276 g/mol. The smallest absolute Gasteiger partial charge is 0.231 e. The summed E-state index contributed by atoms with van der Waals surface area (Å²) in [6.45, 7) is 1.96. The summed E-state index contributed by atoms with van der Waals surface area (Å²) in [5.74, 6) is -0.294. The maximum atomic E-state index is 10.9. The number of hydrogen-bond acceptors (Lipinski definition) is 4. The van der Waals surface area contributed by atoms with Crippen LogP contribution in [0, 0.1) is 11.3 Å². The van der Waals surface area contributed by atoms with Gasteiger partial charge in [0.25, 0.3) is 0 Å². The van der Waals surface area contributed by atoms with E-state index in [1.54, 1.807) is 18.2 Å². The predicted octanol–water partition coefficient (Wildman–Crippen LogP) is 1.57. The van der Waals surface area contributed by atoms with Gasteiger partial charge in [-0.2, -0.15) is 5.26 Å². The van der Waals surface area contributed by atoms with Crippen LogP contribution in [0.25, 0.3) is 0 Å². The van der Waals surface area contributed by atoms with Crippen molar-refractivity contribution in [1.29, 1.82) is 5.26 Å². The number of nitrogens with one attached hydrogen (secondary N) is 1. The first-order valence-corrected chi connectivity index (χ1v) is 6.93. The van der Waals surface area contributed by atoms with Crippen LogP contribution in [0.4, 0.5) is 5.69 Å². The van der Waals surface area contributed by atoms with Crippen molar-refractivity contribution in [3.8, 4) is 6.07 Å². The number of primary amides is 1. The SMILES string of the molecule is N#Cc1ccc(Cl)cc1NC1CCN(CC(N)=O)CC1. The van der Waals surface area contributed by atoms with Crippen LogP contribution < -0.4 is 11.1 Å². The van der Waals surface area contributed by atoms with Gasteiger partial charge in [0, 0.05) is 24.2 Å². The summed E-state index contributed by atoms with van der Waals surface area (Å²) in [6.07, 6.45) is 1.81. The Labute approximate surface area is 123 Å². The topological polar surface area (TPSA) is 82.2 Å². The van der Waals surface area contributed by atoms with Gasteiger partial charge in [-0.1, -0.05) is 11.6 Å². The van der Waals surface area contributed by atoms with E-state index in [1.165, 1.54) is 0 Å². The largest absolute Gasteiger partial charge is 0.381 e. The monoisotopic (exact) mass is 292 g/mol. The summed E-state index contributed by atoms with van der Waals surface area (Å²) >= 11 is 5.96. The summed E-state index contributed by atoms with van der Waals surface area (Å²) in [4.78, 5) is 12.9. The van der Waals surface area contributed by atoms with E-state index in [0.29, 0.717) is 17.1 Å². The zero-order chi connectivity index (χ0) is 14.5. The lowest BCUT2D eigenvalue weighted by atomic mass is 10.0. The fourth-order valence-corrected chi connectivity index (χ4v) is 2.58. The Bertz CT molecular complexity index is 532. The Morgan fingerprint density at radius 2 is 2.20 bits per heavy atom. The normalized spacial score (nSPS) is 16.6. The van der Waals surface area contributed by atoms with Gasteiger partial charge in [0.1, 0.15) is 6.07 Å². The van der Waals surface area contributed by atoms with Gasteiger partial charge in [-0.25, -0.2) is 0 Å². The molecule has 0 radical (unpaired) electrons. The van der Waals surface area contributed by atoms with E-state index in [2.05, 4.69) is 11.4 Å². The number of nitriles is 1. The van der Waals surface area contributed by atoms with Crippen molar-refractivity contribution in [1.82, 2.24) is 4.90 Å². The van der Waals surface area contributed by atoms with E-state index in [1.807, 2.05) is 4.90 Å². The van der Waals surface area contributed by atoms with E-state index >= 15 is 0 Å². The molecule has 0 atom stereocenters. The van der Waals surface area contributed by atoms with Crippen LogP contribution in [0.3, 0.4) is 0 Å². The zero-order valence-electron chi connectivity index (χ0n) is 11.1. The first-order valence-electron chi connectivity index (χ1n) is 6.55. The fourth-order valence-electron chi connectivity index (χ4n) is 2.41. The number of benzene rings is 1. The third-order valence-electron chi connectivity index (χ3n) is 3.43. The minimum absolute atomic E-state index is 0.282. The molecule has 1 amide bonds. The highest BCUT2D eigenvalue weighted by molar-refractivity contribution is 6.30. The number of nitrogens with two attached hydrogens (primary N) is 1. The van der Waals surface area contributed by atoms with Crippen molar-refractivity contribution >= 4 is 23.2 Å². The quantitative estimate of drug-likeness (QED) is 0.882. The van der Waals surface area contributed by atoms with Gasteiger partial charge in [-0.05, 0) is 31.0 Å². The van der Waals surface area contributed by atoms with E-state index in [9.17, 15) is 4.79 Å². The van der Waals surface area contributed by atoms with E-state index < -0.39 is 0 Å². The van der Waals surface area contributed by atoms with Crippen LogP contribution in [-0.4, -0.2) is 36.5 Å². The molecule has 1 aliphatic rings. The van der Waals surface area contributed by atoms with Gasteiger partial charge < -0.3 is 11.1 Å². The van der Waals surface area contributed by atoms with Crippen molar-refractivity contribution in [3.63, 3.8) is 0 Å². The van der Waals surface area contributed by atoms with E-state index in [-0.39, 0.29) is 11.9 Å². The van der Waals surface area contributed by atoms with Gasteiger partial charge in [-0.15, -0.1) is 0 Å². The molecule has 1 saturated heterocycles. The third-order valence-corrected chi connectivity index (χ3v) is 3.66. The number of amides is 1. The van der Waals surface area contributed by atoms with Crippen molar-refractivity contribution in [2.24, 2.45) is 5.73 Å². The van der Waals surface area contributed by atoms with Crippen LogP contribution >= 0.6 is 11.6 Å². The van der Waals surface area contributed by atoms with Gasteiger partial charge in [0.05, 0.1) is 17.8 Å². The molecule has 1 aromatic carbocycles. The van der Waals surface area contributed by atoms with Crippen LogP contribution in [0.2, 0.25) is 5.02 Å². The maximum absolute atomic E-state index is 10.9. The van der Waals surface area contributed by atoms with Crippen molar-refractivity contribution in [2.45, 2.75) is 18.9 Å². The Hall–Kier alpha value is -1.77. The lowest BCUT2D eigenvalue weighted by Crippen LogP contribution is -2.43. The van der Waals surface area contributed by atoms with Crippen LogP contribution in [0.1, 0.15) is 18.4 Å². The van der Waals surface area contributed by atoms with E-state index in [0.717, 1.165) is 31.6 Å². The van der Waals surface area contributed by atoms with Gasteiger partial charge in [0.2, 0.25) is 5.91 Å². The molecule has 0 aliphatic carbocycles. The van der Waals surface area contributed by atoms with Crippen LogP contribution in [-0.2, 0) is 4.79 Å². The predicted molar refractivity (Wildman–Crippen MR) is 78.4 cm³/mol.